The third-order valence-electron chi connectivity index (χ3n) is 4.48. The molecule has 0 saturated heterocycles. The van der Waals surface area contributed by atoms with Gasteiger partial charge in [0.15, 0.2) is 0 Å². The van der Waals surface area contributed by atoms with Crippen LogP contribution >= 0.6 is 0 Å². The summed E-state index contributed by atoms with van der Waals surface area (Å²) in [7, 11) is 0. The van der Waals surface area contributed by atoms with Gasteiger partial charge in [-0.2, -0.15) is 74.6 Å². The van der Waals surface area contributed by atoms with Gasteiger partial charge in [-0.3, -0.25) is 0 Å². The molecule has 0 spiro atoms. The fraction of sp³-hybridized carbons (Fsp3) is 0.933. The maximum Gasteiger partial charge on any atom is 0.460 e. The molecule has 0 amide bonds. The molecule has 0 aliphatic carbocycles. The Kier molecular flexibility index (Phi) is 7.75. The Hall–Kier alpha value is -1.72. The quantitative estimate of drug-likeness (QED) is 0.242. The van der Waals surface area contributed by atoms with Crippen LogP contribution in [0.5, 0.6) is 0 Å². The molecule has 0 N–H and O–H groups in total. The fourth-order valence-corrected chi connectivity index (χ4v) is 1.70. The number of carbonyl (C=O) groups is 1. The van der Waals surface area contributed by atoms with Gasteiger partial charge in [0.25, 0.3) is 0 Å². The summed E-state index contributed by atoms with van der Waals surface area (Å²) >= 11 is 0. The first-order chi connectivity index (χ1) is 14.3. The lowest BCUT2D eigenvalue weighted by molar-refractivity contribution is -0.460. The van der Waals surface area contributed by atoms with Crippen molar-refractivity contribution in [2.45, 2.75) is 81.4 Å². The van der Waals surface area contributed by atoms with Gasteiger partial charge >= 0.3 is 53.6 Å². The lowest BCUT2D eigenvalue weighted by atomic mass is 9.88. The number of hydrogen-bond acceptors (Lipinski definition) is 2. The Morgan fingerprint density at radius 2 is 0.794 bits per heavy atom. The van der Waals surface area contributed by atoms with E-state index in [-0.39, 0.29) is 0 Å². The summed E-state index contributed by atoms with van der Waals surface area (Å²) in [5.41, 5.74) is -1.41. The van der Waals surface area contributed by atoms with Crippen LogP contribution in [-0.2, 0) is 9.53 Å². The van der Waals surface area contributed by atoms with Gasteiger partial charge in [0.2, 0.25) is 0 Å². The van der Waals surface area contributed by atoms with Gasteiger partial charge in [-0.05, 0) is 12.3 Å². The molecule has 0 heterocycles. The number of esters is 1. The molecule has 204 valence electrons. The second-order valence-electron chi connectivity index (χ2n) is 7.93. The molecule has 0 rings (SSSR count). The SMILES string of the molecule is C[C@H](OC(=O)C(F)(F)C(F)(F)C(F)(F)C(F)(F)C(F)(F)C(F)(F)C(F)(F)C(F)(F)F)C(C)(C)C. The highest BCUT2D eigenvalue weighted by Crippen LogP contribution is 2.64. The predicted molar refractivity (Wildman–Crippen MR) is 75.7 cm³/mol. The minimum absolute atomic E-state index is 0.687. The molecule has 0 bridgehead atoms. The Labute approximate surface area is 178 Å². The Bertz CT molecular complexity index is 760. The van der Waals surface area contributed by atoms with Crippen molar-refractivity contribution < 1.29 is 84.2 Å². The van der Waals surface area contributed by atoms with Crippen LogP contribution in [0.25, 0.3) is 0 Å². The molecule has 19 heteroatoms. The smallest absolute Gasteiger partial charge is 0.458 e. The predicted octanol–water partition coefficient (Wildman–Crippen LogP) is 6.97. The summed E-state index contributed by atoms with van der Waals surface area (Å²) < 4.78 is 227. The first-order valence-corrected chi connectivity index (χ1v) is 8.22. The van der Waals surface area contributed by atoms with E-state index in [2.05, 4.69) is 4.74 Å². The summed E-state index contributed by atoms with van der Waals surface area (Å²) in [6, 6.07) is 0. The Morgan fingerprint density at radius 3 is 1.06 bits per heavy atom. The van der Waals surface area contributed by atoms with Crippen molar-refractivity contribution in [2.75, 3.05) is 0 Å². The normalized spacial score (nSPS) is 17.0. The minimum atomic E-state index is -8.75. The zero-order chi connectivity index (χ0) is 28.4. The van der Waals surface area contributed by atoms with Gasteiger partial charge < -0.3 is 4.74 Å². The van der Waals surface area contributed by atoms with E-state index in [1.54, 1.807) is 0 Å². The van der Waals surface area contributed by atoms with Crippen LogP contribution in [0.15, 0.2) is 0 Å². The molecule has 1 atom stereocenters. The molecule has 34 heavy (non-hydrogen) atoms. The van der Waals surface area contributed by atoms with E-state index in [0.717, 1.165) is 20.8 Å². The molecule has 0 aliphatic rings. The van der Waals surface area contributed by atoms with Crippen LogP contribution in [0, 0.1) is 5.41 Å². The van der Waals surface area contributed by atoms with E-state index in [4.69, 9.17) is 0 Å². The summed E-state index contributed by atoms with van der Waals surface area (Å²) in [6.45, 7) is 3.92. The number of rotatable bonds is 8. The third kappa shape index (κ3) is 4.35. The Balaban J connectivity index is 6.69. The van der Waals surface area contributed by atoms with E-state index < -0.39 is 65.1 Å². The van der Waals surface area contributed by atoms with Crippen molar-refractivity contribution in [1.82, 2.24) is 0 Å². The first-order valence-electron chi connectivity index (χ1n) is 8.22. The van der Waals surface area contributed by atoms with Gasteiger partial charge in [-0.1, -0.05) is 20.8 Å². The summed E-state index contributed by atoms with van der Waals surface area (Å²) in [4.78, 5) is 11.2. The van der Waals surface area contributed by atoms with Crippen molar-refractivity contribution in [1.29, 1.82) is 0 Å². The topological polar surface area (TPSA) is 26.3 Å². The highest BCUT2D eigenvalue weighted by molar-refractivity contribution is 5.79. The van der Waals surface area contributed by atoms with E-state index in [1.165, 1.54) is 0 Å². The van der Waals surface area contributed by atoms with Crippen molar-refractivity contribution in [3.8, 4) is 0 Å². The molecule has 0 fully saturated rings. The number of ether oxygens (including phenoxy) is 1. The maximum atomic E-state index is 13.7. The maximum absolute atomic E-state index is 13.7. The molecule has 2 nitrogen and oxygen atoms in total. The number of alkyl halides is 17. The van der Waals surface area contributed by atoms with E-state index in [9.17, 15) is 79.4 Å². The standard InChI is InChI=1S/C15H13F17O2/c1-5(7(2,3)4)34-6(33)8(16,17)9(18,19)10(20,21)11(22,23)12(24,25)13(26,27)14(28,29)15(30,31)32/h5H,1-4H3/t5-/m0/s1. The van der Waals surface area contributed by atoms with E-state index >= 15 is 0 Å². The third-order valence-corrected chi connectivity index (χ3v) is 4.48. The van der Waals surface area contributed by atoms with Crippen molar-refractivity contribution in [2.24, 2.45) is 5.41 Å². The van der Waals surface area contributed by atoms with Crippen LogP contribution in [0.4, 0.5) is 74.6 Å². The minimum Gasteiger partial charge on any atom is -0.458 e. The van der Waals surface area contributed by atoms with Gasteiger partial charge in [0.1, 0.15) is 6.10 Å². The first kappa shape index (κ1) is 32.3. The second-order valence-corrected chi connectivity index (χ2v) is 7.93. The van der Waals surface area contributed by atoms with Crippen LogP contribution in [0.3, 0.4) is 0 Å². The van der Waals surface area contributed by atoms with Gasteiger partial charge in [0, 0.05) is 0 Å². The van der Waals surface area contributed by atoms with Crippen LogP contribution in [-0.4, -0.2) is 59.7 Å². The van der Waals surface area contributed by atoms with Crippen molar-refractivity contribution >= 4 is 5.97 Å². The van der Waals surface area contributed by atoms with Crippen molar-refractivity contribution in [3.05, 3.63) is 0 Å². The highest BCUT2D eigenvalue weighted by Gasteiger charge is 2.96. The molecule has 0 radical (unpaired) electrons. The average Bonchev–Trinajstić information content (AvgIpc) is 2.58. The molecule has 0 aromatic carbocycles. The molecule has 0 aromatic heterocycles. The summed E-state index contributed by atoms with van der Waals surface area (Å²) in [6.07, 6.45) is -9.71. The molecular weight excluding hydrogens is 535 g/mol. The Morgan fingerprint density at radius 1 is 0.529 bits per heavy atom. The molecule has 0 unspecified atom stereocenters. The largest absolute Gasteiger partial charge is 0.460 e. The summed E-state index contributed by atoms with van der Waals surface area (Å²) in [5.74, 6) is -61.9. The van der Waals surface area contributed by atoms with Gasteiger partial charge in [-0.15, -0.1) is 0 Å². The number of halogens is 17. The lowest BCUT2D eigenvalue weighted by Crippen LogP contribution is -2.75. The number of carbonyl (C=O) groups excluding carboxylic acids is 1. The van der Waals surface area contributed by atoms with Gasteiger partial charge in [-0.25, -0.2) is 4.79 Å². The monoisotopic (exact) mass is 548 g/mol. The molecular formula is C15H13F17O2. The van der Waals surface area contributed by atoms with Gasteiger partial charge in [0.05, 0.1) is 0 Å². The van der Waals surface area contributed by atoms with Crippen LogP contribution in [0.2, 0.25) is 0 Å². The molecule has 0 aliphatic heterocycles. The molecule has 0 saturated carbocycles. The fourth-order valence-electron chi connectivity index (χ4n) is 1.70. The van der Waals surface area contributed by atoms with Crippen molar-refractivity contribution in [3.63, 3.8) is 0 Å². The van der Waals surface area contributed by atoms with E-state index in [0.29, 0.717) is 6.92 Å². The zero-order valence-electron chi connectivity index (χ0n) is 16.8. The lowest BCUT2D eigenvalue weighted by Gasteiger charge is -2.42. The average molecular weight is 548 g/mol. The second kappa shape index (κ2) is 8.16. The van der Waals surface area contributed by atoms with E-state index in [1.807, 2.05) is 0 Å². The number of hydrogen-bond donors (Lipinski definition) is 0. The zero-order valence-corrected chi connectivity index (χ0v) is 16.8. The summed E-state index contributed by atoms with van der Waals surface area (Å²) in [5, 5.41) is 0. The highest BCUT2D eigenvalue weighted by atomic mass is 19.4. The van der Waals surface area contributed by atoms with Crippen LogP contribution < -0.4 is 0 Å². The van der Waals surface area contributed by atoms with Crippen LogP contribution in [0.1, 0.15) is 27.7 Å². The molecule has 0 aromatic rings.